The molecule has 0 spiro atoms. The molecule has 0 aromatic heterocycles. The van der Waals surface area contributed by atoms with Gasteiger partial charge in [0.2, 0.25) is 0 Å². The molecule has 6 nitrogen and oxygen atoms in total. The van der Waals surface area contributed by atoms with Gasteiger partial charge in [-0.3, -0.25) is 4.79 Å². The van der Waals surface area contributed by atoms with Crippen LogP contribution in [-0.2, 0) is 12.8 Å². The number of aryl methyl sites for hydroxylation is 1. The van der Waals surface area contributed by atoms with Gasteiger partial charge in [0.25, 0.3) is 0 Å². The summed E-state index contributed by atoms with van der Waals surface area (Å²) in [6, 6.07) is 15.9. The molecule has 0 aliphatic carbocycles. The molecule has 0 heterocycles. The maximum Gasteiger partial charge on any atom is 0.344 e. The lowest BCUT2D eigenvalue weighted by Gasteiger charge is -2.18. The third kappa shape index (κ3) is 10.1. The summed E-state index contributed by atoms with van der Waals surface area (Å²) in [6.07, 6.45) is 14.5. The first-order chi connectivity index (χ1) is 20.9. The molecule has 0 amide bonds. The summed E-state index contributed by atoms with van der Waals surface area (Å²) in [5.74, 6) is -2.70. The Morgan fingerprint density at radius 3 is 1.88 bits per heavy atom. The van der Waals surface area contributed by atoms with Gasteiger partial charge in [-0.05, 0) is 55.0 Å². The Morgan fingerprint density at radius 1 is 0.674 bits per heavy atom. The van der Waals surface area contributed by atoms with Crippen LogP contribution in [0.1, 0.15) is 139 Å². The van der Waals surface area contributed by atoms with E-state index in [1.165, 1.54) is 49.9 Å². The zero-order valence-electron chi connectivity index (χ0n) is 25.7. The molecule has 43 heavy (non-hydrogen) atoms. The number of phenolic OH excluding ortho intramolecular Hbond substituents is 1. The van der Waals surface area contributed by atoms with E-state index in [-0.39, 0.29) is 34.0 Å². The molecule has 3 aromatic carbocycles. The Labute approximate surface area is 256 Å². The molecule has 0 aliphatic rings. The van der Waals surface area contributed by atoms with Gasteiger partial charge in [-0.1, -0.05) is 114 Å². The van der Waals surface area contributed by atoms with Crippen molar-refractivity contribution in [1.82, 2.24) is 0 Å². The third-order valence-electron chi connectivity index (χ3n) is 7.87. The van der Waals surface area contributed by atoms with Gasteiger partial charge >= 0.3 is 11.9 Å². The first kappa shape index (κ1) is 33.6. The van der Waals surface area contributed by atoms with Crippen molar-refractivity contribution < 1.29 is 29.3 Å². The van der Waals surface area contributed by atoms with Gasteiger partial charge < -0.3 is 14.9 Å². The number of esters is 1. The van der Waals surface area contributed by atoms with E-state index in [4.69, 9.17) is 4.74 Å². The molecule has 0 saturated carbocycles. The van der Waals surface area contributed by atoms with Crippen molar-refractivity contribution in [3.8, 4) is 11.5 Å². The van der Waals surface area contributed by atoms with E-state index in [2.05, 4.69) is 13.8 Å². The number of rotatable bonds is 19. The smallest absolute Gasteiger partial charge is 0.344 e. The highest BCUT2D eigenvalue weighted by Gasteiger charge is 2.26. The van der Waals surface area contributed by atoms with Crippen LogP contribution in [0.2, 0.25) is 0 Å². The van der Waals surface area contributed by atoms with Crippen molar-refractivity contribution in [2.24, 2.45) is 0 Å². The van der Waals surface area contributed by atoms with Gasteiger partial charge in [0.15, 0.2) is 5.78 Å². The van der Waals surface area contributed by atoms with Gasteiger partial charge in [-0.15, -0.1) is 0 Å². The highest BCUT2D eigenvalue weighted by atomic mass is 16.5. The summed E-state index contributed by atoms with van der Waals surface area (Å²) in [6.45, 7) is 4.37. The van der Waals surface area contributed by atoms with E-state index < -0.39 is 11.9 Å². The molecule has 0 saturated heterocycles. The van der Waals surface area contributed by atoms with Crippen molar-refractivity contribution in [2.75, 3.05) is 0 Å². The fraction of sp³-hybridized carbons (Fsp3) is 0.432. The summed E-state index contributed by atoms with van der Waals surface area (Å²) >= 11 is 0. The number of carboxylic acid groups (broad SMARTS) is 1. The van der Waals surface area contributed by atoms with Crippen molar-refractivity contribution in [3.63, 3.8) is 0 Å². The summed E-state index contributed by atoms with van der Waals surface area (Å²) in [5.41, 5.74) is 2.11. The second-order valence-electron chi connectivity index (χ2n) is 11.2. The van der Waals surface area contributed by atoms with Gasteiger partial charge in [-0.2, -0.15) is 0 Å². The SMILES string of the molecule is CCCCCCCCc1ccc(C(=O)O)c(C(=O)Oc2cc(O)ccc2C(=O)c2ccccc2)c1CCCCCCCC. The molecule has 2 N–H and O–H groups in total. The average molecular weight is 587 g/mol. The van der Waals surface area contributed by atoms with Crippen LogP contribution in [0.15, 0.2) is 60.7 Å². The van der Waals surface area contributed by atoms with E-state index >= 15 is 0 Å². The lowest BCUT2D eigenvalue weighted by molar-refractivity contribution is 0.0665. The van der Waals surface area contributed by atoms with Crippen LogP contribution in [0.25, 0.3) is 0 Å². The minimum atomic E-state index is -1.21. The Bertz CT molecular complexity index is 1340. The first-order valence-corrected chi connectivity index (χ1v) is 15.9. The topological polar surface area (TPSA) is 101 Å². The quantitative estimate of drug-likeness (QED) is 0.0628. The molecule has 3 rings (SSSR count). The van der Waals surface area contributed by atoms with E-state index in [1.54, 1.807) is 30.3 Å². The number of ether oxygens (including phenoxy) is 1. The number of carboxylic acids is 1. The fourth-order valence-corrected chi connectivity index (χ4v) is 5.48. The molecular formula is C37H46O6. The maximum absolute atomic E-state index is 13.9. The van der Waals surface area contributed by atoms with Crippen LogP contribution < -0.4 is 4.74 Å². The summed E-state index contributed by atoms with van der Waals surface area (Å²) < 4.78 is 5.79. The minimum Gasteiger partial charge on any atom is -0.508 e. The van der Waals surface area contributed by atoms with E-state index in [0.717, 1.165) is 63.4 Å². The number of aromatic hydroxyl groups is 1. The number of carbonyl (C=O) groups excluding carboxylic acids is 2. The van der Waals surface area contributed by atoms with Crippen LogP contribution in [0, 0.1) is 0 Å². The number of benzene rings is 3. The van der Waals surface area contributed by atoms with Gasteiger partial charge in [0, 0.05) is 11.6 Å². The predicted octanol–water partition coefficient (Wildman–Crippen LogP) is 9.35. The molecule has 0 radical (unpaired) electrons. The van der Waals surface area contributed by atoms with Crippen LogP contribution in [-0.4, -0.2) is 27.9 Å². The number of carbonyl (C=O) groups is 3. The largest absolute Gasteiger partial charge is 0.508 e. The molecule has 230 valence electrons. The molecule has 0 atom stereocenters. The second-order valence-corrected chi connectivity index (χ2v) is 11.2. The van der Waals surface area contributed by atoms with E-state index in [0.29, 0.717) is 17.5 Å². The zero-order chi connectivity index (χ0) is 31.0. The van der Waals surface area contributed by atoms with Crippen LogP contribution >= 0.6 is 0 Å². The van der Waals surface area contributed by atoms with Crippen molar-refractivity contribution >= 4 is 17.7 Å². The molecule has 3 aromatic rings. The second kappa shape index (κ2) is 17.9. The highest BCUT2D eigenvalue weighted by Crippen LogP contribution is 2.30. The maximum atomic E-state index is 13.9. The lowest BCUT2D eigenvalue weighted by Crippen LogP contribution is -2.20. The number of hydrogen-bond donors (Lipinski definition) is 2. The summed E-state index contributed by atoms with van der Waals surface area (Å²) in [4.78, 5) is 39.5. The monoisotopic (exact) mass is 586 g/mol. The van der Waals surface area contributed by atoms with E-state index in [9.17, 15) is 24.6 Å². The summed E-state index contributed by atoms with van der Waals surface area (Å²) in [7, 11) is 0. The average Bonchev–Trinajstić information content (AvgIpc) is 3.00. The Hall–Kier alpha value is -3.93. The van der Waals surface area contributed by atoms with Gasteiger partial charge in [0.1, 0.15) is 11.5 Å². The fourth-order valence-electron chi connectivity index (χ4n) is 5.48. The third-order valence-corrected chi connectivity index (χ3v) is 7.87. The molecule has 0 aliphatic heterocycles. The number of unbranched alkanes of at least 4 members (excludes halogenated alkanes) is 10. The number of phenols is 1. The number of aromatic carboxylic acids is 1. The lowest BCUT2D eigenvalue weighted by atomic mass is 9.89. The highest BCUT2D eigenvalue weighted by molar-refractivity contribution is 6.12. The normalized spacial score (nSPS) is 10.9. The number of hydrogen-bond acceptors (Lipinski definition) is 5. The van der Waals surface area contributed by atoms with Gasteiger partial charge in [0.05, 0.1) is 16.7 Å². The standard InChI is InChI=1S/C37H46O6/c1-3-5-7-9-11-14-18-27-22-24-32(36(40)41)34(30(27)21-17-12-10-8-6-4-2)37(42)43-33-26-29(38)23-25-31(33)35(39)28-19-15-13-16-20-28/h13,15-16,19-20,22-26,38H,3-12,14,17-18,21H2,1-2H3,(H,40,41). The van der Waals surface area contributed by atoms with Crippen LogP contribution in [0.4, 0.5) is 0 Å². The first-order valence-electron chi connectivity index (χ1n) is 15.9. The van der Waals surface area contributed by atoms with Crippen molar-refractivity contribution in [3.05, 3.63) is 94.0 Å². The predicted molar refractivity (Wildman–Crippen MR) is 171 cm³/mol. The minimum absolute atomic E-state index is 0.0333. The van der Waals surface area contributed by atoms with Crippen LogP contribution in [0.3, 0.4) is 0 Å². The Morgan fingerprint density at radius 2 is 1.26 bits per heavy atom. The molecule has 0 bridgehead atoms. The van der Waals surface area contributed by atoms with Gasteiger partial charge in [-0.25, -0.2) is 9.59 Å². The van der Waals surface area contributed by atoms with Crippen molar-refractivity contribution in [2.45, 2.75) is 104 Å². The molecule has 0 unspecified atom stereocenters. The number of ketones is 1. The molecule has 6 heteroatoms. The summed E-state index contributed by atoms with van der Waals surface area (Å²) in [5, 5.41) is 20.3. The van der Waals surface area contributed by atoms with Crippen molar-refractivity contribution in [1.29, 1.82) is 0 Å². The Kier molecular flexibility index (Phi) is 14.0. The zero-order valence-corrected chi connectivity index (χ0v) is 25.7. The Balaban J connectivity index is 1.95. The van der Waals surface area contributed by atoms with E-state index in [1.807, 2.05) is 6.07 Å². The molecule has 0 fully saturated rings. The molecular weight excluding hydrogens is 540 g/mol. The van der Waals surface area contributed by atoms with Crippen LogP contribution in [0.5, 0.6) is 11.5 Å².